The number of thiophene rings is 3. The molecule has 676 valence electrons. The molecule has 0 fully saturated rings. The van der Waals surface area contributed by atoms with Gasteiger partial charge in [0.1, 0.15) is 0 Å². The summed E-state index contributed by atoms with van der Waals surface area (Å²) in [6.07, 6.45) is 0. The Morgan fingerprint density at radius 2 is 0.303 bits per heavy atom. The molecule has 0 aliphatic heterocycles. The highest BCUT2D eigenvalue weighted by Crippen LogP contribution is 2.54. The molecule has 26 aromatic carbocycles. The molecule has 0 atom stereocenters. The third-order valence-corrected chi connectivity index (χ3v) is 32.8. The zero-order valence-corrected chi connectivity index (χ0v) is 81.6. The summed E-state index contributed by atoms with van der Waals surface area (Å²) in [5.74, 6) is 0. The average Bonchev–Trinajstić information content (AvgIpc) is 1.28. The molecule has 0 saturated heterocycles. The molecule has 145 heavy (non-hydrogen) atoms. The maximum absolute atomic E-state index is 2.45. The van der Waals surface area contributed by atoms with Crippen LogP contribution in [0.4, 0.5) is 0 Å². The molecule has 0 saturated carbocycles. The van der Waals surface area contributed by atoms with Crippen molar-refractivity contribution in [1.82, 2.24) is 0 Å². The lowest BCUT2D eigenvalue weighted by Crippen LogP contribution is -1.92. The molecule has 0 nitrogen and oxygen atoms in total. The maximum atomic E-state index is 2.45. The second-order valence-electron chi connectivity index (χ2n) is 37.7. The van der Waals surface area contributed by atoms with Gasteiger partial charge in [-0.1, -0.05) is 485 Å². The number of fused-ring (bicyclic) bond motifs is 16. The van der Waals surface area contributed by atoms with Crippen molar-refractivity contribution in [3.63, 3.8) is 0 Å². The van der Waals surface area contributed by atoms with Gasteiger partial charge >= 0.3 is 0 Å². The van der Waals surface area contributed by atoms with Crippen molar-refractivity contribution in [3.05, 3.63) is 546 Å². The Morgan fingerprint density at radius 1 is 0.0966 bits per heavy atom. The van der Waals surface area contributed by atoms with E-state index in [0.717, 1.165) is 0 Å². The number of hydrogen-bond donors (Lipinski definition) is 0. The fourth-order valence-electron chi connectivity index (χ4n) is 22.8. The van der Waals surface area contributed by atoms with Gasteiger partial charge in [0.15, 0.2) is 0 Å². The van der Waals surface area contributed by atoms with E-state index in [0.29, 0.717) is 0 Å². The summed E-state index contributed by atoms with van der Waals surface area (Å²) >= 11 is 5.63. The Labute approximate surface area is 853 Å². The molecule has 0 aliphatic carbocycles. The van der Waals surface area contributed by atoms with Gasteiger partial charge in [-0.15, -0.1) is 34.0 Å². The third kappa shape index (κ3) is 15.5. The number of rotatable bonds is 13. The summed E-state index contributed by atoms with van der Waals surface area (Å²) in [6, 6.07) is 200. The highest BCUT2D eigenvalue weighted by Gasteiger charge is 2.26. The van der Waals surface area contributed by atoms with Crippen LogP contribution in [0.15, 0.2) is 546 Å². The van der Waals surface area contributed by atoms with Crippen LogP contribution in [-0.4, -0.2) is 0 Å². The molecule has 3 aromatic heterocycles. The molecular weight excluding hydrogens is 1800 g/mol. The molecule has 0 aliphatic rings. The largest absolute Gasteiger partial charge is 0.135 e. The van der Waals surface area contributed by atoms with Gasteiger partial charge in [-0.05, 0) is 281 Å². The van der Waals surface area contributed by atoms with Gasteiger partial charge < -0.3 is 0 Å². The van der Waals surface area contributed by atoms with Crippen LogP contribution in [0.25, 0.3) is 281 Å². The monoisotopic (exact) mass is 1890 g/mol. The van der Waals surface area contributed by atoms with Gasteiger partial charge in [0.05, 0.1) is 0 Å². The first-order valence-electron chi connectivity index (χ1n) is 49.8. The van der Waals surface area contributed by atoms with Gasteiger partial charge in [0.2, 0.25) is 0 Å². The topological polar surface area (TPSA) is 0 Å². The van der Waals surface area contributed by atoms with Crippen molar-refractivity contribution in [2.75, 3.05) is 0 Å². The van der Waals surface area contributed by atoms with E-state index in [4.69, 9.17) is 0 Å². The Kier molecular flexibility index (Phi) is 22.0. The van der Waals surface area contributed by atoms with Crippen LogP contribution in [0.3, 0.4) is 0 Å². The minimum atomic E-state index is 1.22. The van der Waals surface area contributed by atoms with E-state index in [2.05, 4.69) is 546 Å². The highest BCUT2D eigenvalue weighted by atomic mass is 32.1. The summed E-state index contributed by atoms with van der Waals surface area (Å²) in [6.45, 7) is 0. The van der Waals surface area contributed by atoms with Gasteiger partial charge in [0.25, 0.3) is 0 Å². The van der Waals surface area contributed by atoms with Crippen molar-refractivity contribution in [1.29, 1.82) is 0 Å². The predicted molar refractivity (Wildman–Crippen MR) is 631 cm³/mol. The van der Waals surface area contributed by atoms with Crippen LogP contribution in [-0.2, 0) is 0 Å². The Bertz CT molecular complexity index is 10100. The summed E-state index contributed by atoms with van der Waals surface area (Å²) in [5, 5.41) is 25.7. The molecule has 0 unspecified atom stereocenters. The van der Waals surface area contributed by atoms with E-state index in [-0.39, 0.29) is 0 Å². The molecule has 0 amide bonds. The van der Waals surface area contributed by atoms with E-state index >= 15 is 0 Å². The first-order chi connectivity index (χ1) is 71.9. The summed E-state index contributed by atoms with van der Waals surface area (Å²) < 4.78 is 7.96. The van der Waals surface area contributed by atoms with Crippen molar-refractivity contribution >= 4 is 170 Å². The first-order valence-corrected chi connectivity index (χ1v) is 52.2. The lowest BCUT2D eigenvalue weighted by atomic mass is 9.83. The Hall–Kier alpha value is -17.8. The number of hydrogen-bond acceptors (Lipinski definition) is 3. The van der Waals surface area contributed by atoms with Crippen LogP contribution < -0.4 is 0 Å². The lowest BCUT2D eigenvalue weighted by Gasteiger charge is -2.20. The fourth-order valence-corrected chi connectivity index (χ4v) is 26.2. The van der Waals surface area contributed by atoms with E-state index in [1.807, 2.05) is 34.0 Å². The maximum Gasteiger partial charge on any atom is 0.0361 e. The minimum absolute atomic E-state index is 1.22. The molecule has 29 aromatic rings. The molecule has 0 radical (unpaired) electrons. The second kappa shape index (κ2) is 37.0. The minimum Gasteiger partial charge on any atom is -0.135 e. The fraction of sp³-hybridized carbons (Fsp3) is 0. The molecule has 0 bridgehead atoms. The van der Waals surface area contributed by atoms with Crippen LogP contribution in [0.1, 0.15) is 0 Å². The Balaban J connectivity index is 0.000000108. The summed E-state index contributed by atoms with van der Waals surface area (Å²) in [4.78, 5) is 0. The van der Waals surface area contributed by atoms with E-state index in [1.165, 1.54) is 281 Å². The third-order valence-electron chi connectivity index (χ3n) is 29.4. The van der Waals surface area contributed by atoms with Crippen LogP contribution in [0.2, 0.25) is 0 Å². The molecule has 0 spiro atoms. The Morgan fingerprint density at radius 3 is 0.669 bits per heavy atom. The first kappa shape index (κ1) is 86.3. The number of benzene rings is 26. The van der Waals surface area contributed by atoms with Gasteiger partial charge in [0, 0.05) is 60.5 Å². The molecule has 3 heterocycles. The van der Waals surface area contributed by atoms with Crippen LogP contribution in [0, 0.1) is 0 Å². The van der Waals surface area contributed by atoms with Crippen molar-refractivity contribution in [2.45, 2.75) is 0 Å². The zero-order valence-electron chi connectivity index (χ0n) is 79.2. The van der Waals surface area contributed by atoms with Gasteiger partial charge in [-0.25, -0.2) is 0 Å². The smallest absolute Gasteiger partial charge is 0.0361 e. The van der Waals surface area contributed by atoms with Crippen LogP contribution in [0.5, 0.6) is 0 Å². The van der Waals surface area contributed by atoms with Crippen molar-refractivity contribution in [3.8, 4) is 145 Å². The SMILES string of the molecule is c1ccc(-c2c3ccccc3c(-c3cccc4ccccc34)c3ccc(-c4cccc5sc6ccccc6c45)cc23)cc1.c1ccc(-c2ccc(-c3c4ccccc4c(-c4ccc(-c5ccccc5)cc4)c4cc(-c5cccc6sc7ccccc7c56)ccc34)cc2)cc1.c1ccc(-c2ccc(-c3c4ccccc4c(-c4cccc(-c5ccccc5)c4)c4ccc(-c5cccc6sc7ccccc7c56)cc34)cc2)cc1. The lowest BCUT2D eigenvalue weighted by molar-refractivity contribution is 1.60. The van der Waals surface area contributed by atoms with Gasteiger partial charge in [-0.2, -0.15) is 0 Å². The highest BCUT2D eigenvalue weighted by molar-refractivity contribution is 7.26. The standard InChI is InChI=1S/2C50H32S.C42H26S/c1-3-13-33(14-4-1)35-25-27-36(28-26-35)48-41-19-7-8-20-42(41)49(39-18-11-17-37(31-39)34-15-5-2-6-16-34)43-30-29-38(32-45(43)48)40-22-12-24-47-50(40)44-21-9-10-23-46(44)51-47;1-3-12-33(13-4-1)35-22-26-37(27-23-35)48-41-16-7-8-17-42(41)49(38-28-24-36(25-29-38)34-14-5-2-6-15-34)45-32-39(30-31-43(45)48)40-19-11-21-47-50(40)44-18-9-10-20-46(44)51-47;1-2-13-28(14-3-1)40-33-17-6-7-18-34(33)41(32-21-10-15-27-12-4-5-16-30(27)32)35-25-24-29(26-37(35)40)31-20-11-23-39-42(31)36-19-8-9-22-38(36)43-39/h2*1-32H;1-26H. The summed E-state index contributed by atoms with van der Waals surface area (Å²) in [7, 11) is 0. The molecule has 3 heteroatoms. The van der Waals surface area contributed by atoms with E-state index in [1.54, 1.807) is 0 Å². The predicted octanol–water partition coefficient (Wildman–Crippen LogP) is 41.9. The quantitative estimate of drug-likeness (QED) is 0.101. The summed E-state index contributed by atoms with van der Waals surface area (Å²) in [5.41, 5.74) is 32.4. The van der Waals surface area contributed by atoms with Gasteiger partial charge in [-0.3, -0.25) is 0 Å². The van der Waals surface area contributed by atoms with E-state index in [9.17, 15) is 0 Å². The van der Waals surface area contributed by atoms with Crippen LogP contribution >= 0.6 is 34.0 Å². The zero-order chi connectivity index (χ0) is 95.8. The van der Waals surface area contributed by atoms with E-state index < -0.39 is 0 Å². The average molecular weight is 1890 g/mol. The van der Waals surface area contributed by atoms with Crippen molar-refractivity contribution < 1.29 is 0 Å². The molecule has 29 rings (SSSR count). The molecule has 0 N–H and O–H groups in total. The second-order valence-corrected chi connectivity index (χ2v) is 40.9. The molecular formula is C142H90S3. The van der Waals surface area contributed by atoms with Crippen molar-refractivity contribution in [2.24, 2.45) is 0 Å². The normalized spacial score (nSPS) is 11.6.